The van der Waals surface area contributed by atoms with E-state index >= 15 is 0 Å². The lowest BCUT2D eigenvalue weighted by molar-refractivity contribution is -0.659. The quantitative estimate of drug-likeness (QED) is 0.214. The molecule has 0 amide bonds. The fourth-order valence-electron chi connectivity index (χ4n) is 6.17. The Morgan fingerprint density at radius 3 is 2.28 bits per heavy atom. The Bertz CT molecular complexity index is 2260. The number of hydrogen-bond acceptors (Lipinski definition) is 1. The van der Waals surface area contributed by atoms with E-state index in [4.69, 9.17) is 4.42 Å². The molecule has 186 valence electrons. The molecule has 5 aromatic carbocycles. The topological polar surface area (TPSA) is 21.9 Å². The first-order valence-corrected chi connectivity index (χ1v) is 13.1. The van der Waals surface area contributed by atoms with Crippen molar-refractivity contribution in [2.75, 3.05) is 0 Å². The fraction of sp³-hybridized carbons (Fsp3) is 0.0571. The lowest BCUT2D eigenvalue weighted by Gasteiger charge is -2.09. The monoisotopic (exact) mass is 507 g/mol. The van der Waals surface area contributed by atoms with Crippen LogP contribution in [0.15, 0.2) is 114 Å². The van der Waals surface area contributed by atoms with E-state index in [1.165, 1.54) is 22.4 Å². The summed E-state index contributed by atoms with van der Waals surface area (Å²) in [6, 6.07) is 34.5. The van der Waals surface area contributed by atoms with Gasteiger partial charge in [0.2, 0.25) is 5.69 Å². The summed E-state index contributed by atoms with van der Waals surface area (Å²) >= 11 is 0. The van der Waals surface area contributed by atoms with Gasteiger partial charge in [0, 0.05) is 33.3 Å². The van der Waals surface area contributed by atoms with Crippen LogP contribution in [0.25, 0.3) is 71.5 Å². The normalized spacial score (nSPS) is 12.0. The van der Waals surface area contributed by atoms with Crippen molar-refractivity contribution in [2.45, 2.75) is 6.92 Å². The molecule has 8 aromatic rings. The minimum Gasteiger partial charge on any atom is -0.454 e. The van der Waals surface area contributed by atoms with E-state index in [1.54, 1.807) is 6.07 Å². The van der Waals surface area contributed by atoms with Crippen LogP contribution >= 0.6 is 0 Å². The van der Waals surface area contributed by atoms with Crippen molar-refractivity contribution in [3.8, 4) is 16.9 Å². The smallest absolute Gasteiger partial charge is 0.218 e. The zero-order valence-corrected chi connectivity index (χ0v) is 21.6. The van der Waals surface area contributed by atoms with E-state index in [1.807, 2.05) is 24.3 Å². The minimum absolute atomic E-state index is 0.247. The summed E-state index contributed by atoms with van der Waals surface area (Å²) in [6.07, 6.45) is 2.23. The summed E-state index contributed by atoms with van der Waals surface area (Å²) in [4.78, 5) is 0. The molecule has 0 radical (unpaired) electrons. The maximum Gasteiger partial charge on any atom is 0.218 e. The highest BCUT2D eigenvalue weighted by Crippen LogP contribution is 2.41. The highest BCUT2D eigenvalue weighted by Gasteiger charge is 2.24. The summed E-state index contributed by atoms with van der Waals surface area (Å²) in [5.41, 5.74) is 8.34. The number of aromatic nitrogens is 2. The molecular weight excluding hydrogens is 483 g/mol. The molecule has 0 bridgehead atoms. The predicted octanol–water partition coefficient (Wildman–Crippen LogP) is 8.78. The molecule has 0 fully saturated rings. The number of furan rings is 1. The summed E-state index contributed by atoms with van der Waals surface area (Å²) in [6.45, 7) is 2.13. The predicted molar refractivity (Wildman–Crippen MR) is 157 cm³/mol. The third-order valence-electron chi connectivity index (χ3n) is 7.99. The first kappa shape index (κ1) is 22.1. The van der Waals surface area contributed by atoms with E-state index in [0.29, 0.717) is 0 Å². The first-order valence-electron chi connectivity index (χ1n) is 13.1. The Kier molecular flexibility index (Phi) is 4.54. The molecule has 0 N–H and O–H groups in total. The highest BCUT2D eigenvalue weighted by molar-refractivity contribution is 6.17. The molecule has 0 aliphatic carbocycles. The van der Waals surface area contributed by atoms with Gasteiger partial charge in [-0.1, -0.05) is 54.6 Å². The van der Waals surface area contributed by atoms with Crippen LogP contribution in [0.4, 0.5) is 4.39 Å². The van der Waals surface area contributed by atoms with Crippen molar-refractivity contribution in [2.24, 2.45) is 7.05 Å². The molecule has 8 rings (SSSR count). The lowest BCUT2D eigenvalue weighted by Crippen LogP contribution is -2.30. The maximum absolute atomic E-state index is 13.9. The molecule has 39 heavy (non-hydrogen) atoms. The van der Waals surface area contributed by atoms with Crippen LogP contribution < -0.4 is 4.57 Å². The van der Waals surface area contributed by atoms with Crippen molar-refractivity contribution < 1.29 is 13.4 Å². The summed E-state index contributed by atoms with van der Waals surface area (Å²) in [7, 11) is 2.10. The zero-order valence-electron chi connectivity index (χ0n) is 21.6. The average Bonchev–Trinajstić information content (AvgIpc) is 3.48. The van der Waals surface area contributed by atoms with Gasteiger partial charge in [-0.3, -0.25) is 0 Å². The van der Waals surface area contributed by atoms with Gasteiger partial charge in [-0.15, -0.1) is 0 Å². The summed E-state index contributed by atoms with van der Waals surface area (Å²) in [5, 5.41) is 6.25. The number of para-hydroxylation sites is 2. The minimum atomic E-state index is -0.247. The standard InChI is InChI=1S/C35H24FN2O/c1-21-12-15-28-27-16-13-22-18-23(36)14-17-25(22)34(27)39-35(28)33(21)32-19-31-29(20-37(32)2)26-10-6-7-11-30(26)38(31)24-8-4-3-5-9-24/h3-20H,1-2H3/q+1. The molecule has 0 saturated carbocycles. The van der Waals surface area contributed by atoms with Crippen LogP contribution in [-0.2, 0) is 7.05 Å². The van der Waals surface area contributed by atoms with Crippen molar-refractivity contribution in [3.05, 3.63) is 121 Å². The van der Waals surface area contributed by atoms with Crippen LogP contribution in [0.3, 0.4) is 0 Å². The third kappa shape index (κ3) is 3.12. The molecule has 3 nitrogen and oxygen atoms in total. The molecular formula is C35H24FN2O+. The van der Waals surface area contributed by atoms with Crippen molar-refractivity contribution >= 4 is 54.5 Å². The second-order valence-electron chi connectivity index (χ2n) is 10.3. The molecule has 0 spiro atoms. The van der Waals surface area contributed by atoms with Gasteiger partial charge in [-0.05, 0) is 60.3 Å². The van der Waals surface area contributed by atoms with Gasteiger partial charge < -0.3 is 8.98 Å². The van der Waals surface area contributed by atoms with Gasteiger partial charge in [-0.25, -0.2) is 8.96 Å². The van der Waals surface area contributed by atoms with E-state index in [2.05, 4.69) is 96.0 Å². The molecule has 0 aliphatic heterocycles. The van der Waals surface area contributed by atoms with Gasteiger partial charge in [0.15, 0.2) is 6.20 Å². The number of fused-ring (bicyclic) bond motifs is 8. The molecule has 3 aromatic heterocycles. The SMILES string of the molecule is Cc1ccc2c(oc3c4ccc(F)cc4ccc23)c1-c1cc2c(c[n+]1C)c1ccccc1n2-c1ccccc1. The van der Waals surface area contributed by atoms with Crippen LogP contribution in [0.2, 0.25) is 0 Å². The molecule has 4 heteroatoms. The molecule has 0 atom stereocenters. The average molecular weight is 508 g/mol. The Morgan fingerprint density at radius 2 is 1.41 bits per heavy atom. The summed E-state index contributed by atoms with van der Waals surface area (Å²) in [5.74, 6) is -0.247. The Balaban J connectivity index is 1.48. The van der Waals surface area contributed by atoms with Gasteiger partial charge in [0.25, 0.3) is 0 Å². The number of pyridine rings is 1. The van der Waals surface area contributed by atoms with Gasteiger partial charge in [0.1, 0.15) is 24.0 Å². The maximum atomic E-state index is 13.9. The number of hydrogen-bond donors (Lipinski definition) is 0. The van der Waals surface area contributed by atoms with Crippen molar-refractivity contribution in [1.82, 2.24) is 4.57 Å². The molecule has 0 unspecified atom stereocenters. The zero-order chi connectivity index (χ0) is 26.2. The Hall–Kier alpha value is -4.96. The molecule has 0 saturated heterocycles. The van der Waals surface area contributed by atoms with Crippen LogP contribution in [0, 0.1) is 12.7 Å². The van der Waals surface area contributed by atoms with Gasteiger partial charge in [-0.2, -0.15) is 0 Å². The number of rotatable bonds is 2. The Labute approximate surface area is 223 Å². The van der Waals surface area contributed by atoms with E-state index in [-0.39, 0.29) is 5.82 Å². The van der Waals surface area contributed by atoms with Crippen LogP contribution in [0.5, 0.6) is 0 Å². The second-order valence-corrected chi connectivity index (χ2v) is 10.3. The largest absolute Gasteiger partial charge is 0.454 e. The lowest BCUT2D eigenvalue weighted by atomic mass is 9.99. The third-order valence-corrected chi connectivity index (χ3v) is 7.99. The molecule has 3 heterocycles. The summed E-state index contributed by atoms with van der Waals surface area (Å²) < 4.78 is 25.2. The number of benzene rings is 5. The van der Waals surface area contributed by atoms with E-state index in [0.717, 1.165) is 60.7 Å². The van der Waals surface area contributed by atoms with Crippen molar-refractivity contribution in [1.29, 1.82) is 0 Å². The van der Waals surface area contributed by atoms with Gasteiger partial charge in [0.05, 0.1) is 22.0 Å². The van der Waals surface area contributed by atoms with E-state index in [9.17, 15) is 4.39 Å². The van der Waals surface area contributed by atoms with Crippen molar-refractivity contribution in [3.63, 3.8) is 0 Å². The number of nitrogens with zero attached hydrogens (tertiary/aromatic N) is 2. The first-order chi connectivity index (χ1) is 19.1. The van der Waals surface area contributed by atoms with E-state index < -0.39 is 0 Å². The highest BCUT2D eigenvalue weighted by atomic mass is 19.1. The Morgan fingerprint density at radius 1 is 0.667 bits per heavy atom. The van der Waals surface area contributed by atoms with Crippen LogP contribution in [-0.4, -0.2) is 4.57 Å². The number of halogens is 1. The fourth-order valence-corrected chi connectivity index (χ4v) is 6.17. The van der Waals surface area contributed by atoms with Gasteiger partial charge >= 0.3 is 0 Å². The number of aryl methyl sites for hydroxylation is 2. The molecule has 0 aliphatic rings. The van der Waals surface area contributed by atoms with Crippen LogP contribution in [0.1, 0.15) is 5.56 Å². The second kappa shape index (κ2) is 8.02.